The second-order valence-electron chi connectivity index (χ2n) is 7.04. The molecule has 0 amide bonds. The summed E-state index contributed by atoms with van der Waals surface area (Å²) in [6.45, 7) is 1.29. The van der Waals surface area contributed by atoms with Crippen molar-refractivity contribution < 1.29 is 0 Å². The molecule has 0 saturated carbocycles. The SMILES string of the molecule is Nc1c(Nc2cc(Cl)ccc2Cl)ncnc1N(Cc1ccccc1)Cc1ccccc1. The van der Waals surface area contributed by atoms with E-state index >= 15 is 0 Å². The predicted molar refractivity (Wildman–Crippen MR) is 129 cm³/mol. The molecule has 0 atom stereocenters. The molecule has 0 radical (unpaired) electrons. The molecule has 0 aliphatic rings. The van der Waals surface area contributed by atoms with E-state index in [1.165, 1.54) is 6.33 Å². The Bertz CT molecular complexity index is 1110. The number of nitrogen functional groups attached to an aromatic ring is 1. The fraction of sp³-hybridized carbons (Fsp3) is 0.0833. The first-order valence-corrected chi connectivity index (χ1v) is 10.5. The molecular formula is C24H21Cl2N5. The van der Waals surface area contributed by atoms with E-state index < -0.39 is 0 Å². The van der Waals surface area contributed by atoms with Gasteiger partial charge < -0.3 is 16.0 Å². The number of hydrogen-bond acceptors (Lipinski definition) is 5. The highest BCUT2D eigenvalue weighted by atomic mass is 35.5. The number of nitrogens with zero attached hydrogens (tertiary/aromatic N) is 3. The molecule has 4 rings (SSSR count). The molecule has 0 unspecified atom stereocenters. The molecule has 0 spiro atoms. The third-order valence-corrected chi connectivity index (χ3v) is 5.34. The minimum absolute atomic E-state index is 0.436. The topological polar surface area (TPSA) is 67.1 Å². The number of halogens is 2. The van der Waals surface area contributed by atoms with Crippen LogP contribution in [0.4, 0.5) is 23.0 Å². The number of nitrogens with one attached hydrogen (secondary N) is 1. The standard InChI is InChI=1S/C24H21Cl2N5/c25-19-11-12-20(26)21(13-19)30-23-22(27)24(29-16-28-23)31(14-17-7-3-1-4-8-17)15-18-9-5-2-6-10-18/h1-13,16H,14-15,27H2,(H,28,29,30). The highest BCUT2D eigenvalue weighted by Gasteiger charge is 2.17. The molecular weight excluding hydrogens is 429 g/mol. The fourth-order valence-corrected chi connectivity index (χ4v) is 3.61. The summed E-state index contributed by atoms with van der Waals surface area (Å²) in [6.07, 6.45) is 1.50. The molecule has 3 aromatic carbocycles. The van der Waals surface area contributed by atoms with Crippen LogP contribution in [0.1, 0.15) is 11.1 Å². The Hall–Kier alpha value is -3.28. The molecule has 0 aliphatic carbocycles. The zero-order valence-corrected chi connectivity index (χ0v) is 18.2. The van der Waals surface area contributed by atoms with E-state index in [0.717, 1.165) is 11.1 Å². The normalized spacial score (nSPS) is 10.6. The summed E-state index contributed by atoms with van der Waals surface area (Å²) in [6, 6.07) is 25.6. The van der Waals surface area contributed by atoms with Crippen LogP contribution in [0.3, 0.4) is 0 Å². The van der Waals surface area contributed by atoms with Crippen molar-refractivity contribution in [2.75, 3.05) is 16.0 Å². The second-order valence-corrected chi connectivity index (χ2v) is 7.88. The number of hydrogen-bond donors (Lipinski definition) is 2. The van der Waals surface area contributed by atoms with Gasteiger partial charge >= 0.3 is 0 Å². The van der Waals surface area contributed by atoms with Crippen LogP contribution < -0.4 is 16.0 Å². The van der Waals surface area contributed by atoms with Crippen molar-refractivity contribution in [2.24, 2.45) is 0 Å². The van der Waals surface area contributed by atoms with E-state index in [9.17, 15) is 0 Å². The summed E-state index contributed by atoms with van der Waals surface area (Å²) in [5.74, 6) is 1.11. The van der Waals surface area contributed by atoms with Gasteiger partial charge in [0.1, 0.15) is 12.0 Å². The molecule has 0 bridgehead atoms. The van der Waals surface area contributed by atoms with Crippen LogP contribution in [-0.4, -0.2) is 9.97 Å². The Balaban J connectivity index is 1.68. The van der Waals surface area contributed by atoms with Crippen molar-refractivity contribution in [2.45, 2.75) is 13.1 Å². The average molecular weight is 450 g/mol. The van der Waals surface area contributed by atoms with Crippen LogP contribution >= 0.6 is 23.2 Å². The fourth-order valence-electron chi connectivity index (χ4n) is 3.27. The summed E-state index contributed by atoms with van der Waals surface area (Å²) in [5, 5.41) is 4.27. The number of rotatable bonds is 7. The van der Waals surface area contributed by atoms with Crippen LogP contribution in [0.5, 0.6) is 0 Å². The lowest BCUT2D eigenvalue weighted by molar-refractivity contribution is 0.782. The molecule has 3 N–H and O–H groups in total. The smallest absolute Gasteiger partial charge is 0.159 e. The number of benzene rings is 3. The highest BCUT2D eigenvalue weighted by molar-refractivity contribution is 6.35. The Morgan fingerprint density at radius 1 is 0.806 bits per heavy atom. The van der Waals surface area contributed by atoms with Gasteiger partial charge in [-0.1, -0.05) is 83.9 Å². The molecule has 0 aliphatic heterocycles. The van der Waals surface area contributed by atoms with E-state index in [1.54, 1.807) is 18.2 Å². The minimum atomic E-state index is 0.436. The van der Waals surface area contributed by atoms with Crippen LogP contribution in [0, 0.1) is 0 Å². The van der Waals surface area contributed by atoms with Crippen molar-refractivity contribution in [3.63, 3.8) is 0 Å². The summed E-state index contributed by atoms with van der Waals surface area (Å²) >= 11 is 12.4. The van der Waals surface area contributed by atoms with Gasteiger partial charge in [0.25, 0.3) is 0 Å². The average Bonchev–Trinajstić information content (AvgIpc) is 2.79. The van der Waals surface area contributed by atoms with Crippen LogP contribution in [0.15, 0.2) is 85.2 Å². The van der Waals surface area contributed by atoms with Crippen molar-refractivity contribution >= 4 is 46.2 Å². The van der Waals surface area contributed by atoms with E-state index in [4.69, 9.17) is 28.9 Å². The predicted octanol–water partition coefficient (Wildman–Crippen LogP) is 6.32. The third kappa shape index (κ3) is 5.26. The lowest BCUT2D eigenvalue weighted by atomic mass is 10.1. The Kier molecular flexibility index (Phi) is 6.55. The lowest BCUT2D eigenvalue weighted by Gasteiger charge is -2.26. The van der Waals surface area contributed by atoms with E-state index in [2.05, 4.69) is 44.5 Å². The molecule has 4 aromatic rings. The van der Waals surface area contributed by atoms with E-state index in [-0.39, 0.29) is 0 Å². The lowest BCUT2D eigenvalue weighted by Crippen LogP contribution is -2.24. The molecule has 156 valence electrons. The van der Waals surface area contributed by atoms with E-state index in [0.29, 0.717) is 46.1 Å². The van der Waals surface area contributed by atoms with Gasteiger partial charge in [-0.05, 0) is 29.3 Å². The zero-order valence-electron chi connectivity index (χ0n) is 16.7. The summed E-state index contributed by atoms with van der Waals surface area (Å²) in [5.41, 5.74) is 9.90. The van der Waals surface area contributed by atoms with Crippen molar-refractivity contribution in [1.29, 1.82) is 0 Å². The maximum Gasteiger partial charge on any atom is 0.159 e. The summed E-state index contributed by atoms with van der Waals surface area (Å²) < 4.78 is 0. The molecule has 5 nitrogen and oxygen atoms in total. The van der Waals surface area contributed by atoms with Gasteiger partial charge in [-0.15, -0.1) is 0 Å². The van der Waals surface area contributed by atoms with E-state index in [1.807, 2.05) is 36.4 Å². The quantitative estimate of drug-likeness (QED) is 0.345. The number of aromatic nitrogens is 2. The van der Waals surface area contributed by atoms with Gasteiger partial charge in [0.15, 0.2) is 11.6 Å². The molecule has 1 heterocycles. The maximum absolute atomic E-state index is 6.52. The van der Waals surface area contributed by atoms with Gasteiger partial charge in [0, 0.05) is 18.1 Å². The van der Waals surface area contributed by atoms with Crippen LogP contribution in [-0.2, 0) is 13.1 Å². The minimum Gasteiger partial charge on any atom is -0.393 e. The molecule has 0 fully saturated rings. The van der Waals surface area contributed by atoms with Gasteiger partial charge in [0.2, 0.25) is 0 Å². The van der Waals surface area contributed by atoms with Crippen LogP contribution in [0.25, 0.3) is 0 Å². The molecule has 7 heteroatoms. The Morgan fingerprint density at radius 3 is 2.03 bits per heavy atom. The number of nitrogens with two attached hydrogens (primary N) is 1. The van der Waals surface area contributed by atoms with Gasteiger partial charge in [0.05, 0.1) is 10.7 Å². The zero-order chi connectivity index (χ0) is 21.6. The maximum atomic E-state index is 6.52. The van der Waals surface area contributed by atoms with Crippen molar-refractivity contribution in [1.82, 2.24) is 9.97 Å². The van der Waals surface area contributed by atoms with Crippen molar-refractivity contribution in [3.05, 3.63) is 106 Å². The van der Waals surface area contributed by atoms with Crippen molar-refractivity contribution in [3.8, 4) is 0 Å². The Labute approximate surface area is 191 Å². The Morgan fingerprint density at radius 2 is 1.42 bits per heavy atom. The summed E-state index contributed by atoms with van der Waals surface area (Å²) in [7, 11) is 0. The van der Waals surface area contributed by atoms with Crippen LogP contribution in [0.2, 0.25) is 10.0 Å². The molecule has 0 saturated heterocycles. The third-order valence-electron chi connectivity index (χ3n) is 4.78. The van der Waals surface area contributed by atoms with Gasteiger partial charge in [-0.25, -0.2) is 9.97 Å². The monoisotopic (exact) mass is 449 g/mol. The molecule has 31 heavy (non-hydrogen) atoms. The number of anilines is 4. The first-order valence-electron chi connectivity index (χ1n) is 9.75. The van der Waals surface area contributed by atoms with Gasteiger partial charge in [-0.2, -0.15) is 0 Å². The summed E-state index contributed by atoms with van der Waals surface area (Å²) in [4.78, 5) is 11.0. The first kappa shape index (κ1) is 21.0. The largest absolute Gasteiger partial charge is 0.393 e. The second kappa shape index (κ2) is 9.69. The highest BCUT2D eigenvalue weighted by Crippen LogP contribution is 2.33. The first-order chi connectivity index (χ1) is 15.1. The van der Waals surface area contributed by atoms with Gasteiger partial charge in [-0.3, -0.25) is 0 Å². The molecule has 1 aromatic heterocycles.